The lowest BCUT2D eigenvalue weighted by atomic mass is 9.78. The Morgan fingerprint density at radius 3 is 2.92 bits per heavy atom. The molecule has 2 heterocycles. The predicted octanol–water partition coefficient (Wildman–Crippen LogP) is 2.71. The molecule has 1 saturated heterocycles. The van der Waals surface area contributed by atoms with Gasteiger partial charge in [-0.3, -0.25) is 4.99 Å². The number of hydrogen-bond donors (Lipinski definition) is 1. The van der Waals surface area contributed by atoms with Crippen molar-refractivity contribution in [1.29, 1.82) is 0 Å². The molecule has 0 spiro atoms. The summed E-state index contributed by atoms with van der Waals surface area (Å²) in [6, 6.07) is 0. The molecule has 0 saturated carbocycles. The van der Waals surface area contributed by atoms with Crippen LogP contribution in [-0.4, -0.2) is 51.8 Å². The Bertz CT molecular complexity index is 519. The highest BCUT2D eigenvalue weighted by Crippen LogP contribution is 2.33. The number of rotatable bonds is 7. The van der Waals surface area contributed by atoms with Crippen LogP contribution in [0.2, 0.25) is 0 Å². The van der Waals surface area contributed by atoms with Crippen molar-refractivity contribution in [3.05, 3.63) is 12.2 Å². The zero-order valence-corrected chi connectivity index (χ0v) is 15.9. The van der Waals surface area contributed by atoms with Crippen molar-refractivity contribution in [2.45, 2.75) is 66.3 Å². The van der Waals surface area contributed by atoms with Gasteiger partial charge in [-0.15, -0.1) is 10.2 Å². The van der Waals surface area contributed by atoms with Crippen LogP contribution in [0, 0.1) is 5.41 Å². The van der Waals surface area contributed by atoms with E-state index < -0.39 is 0 Å². The zero-order valence-electron chi connectivity index (χ0n) is 15.9. The molecule has 6 nitrogen and oxygen atoms in total. The van der Waals surface area contributed by atoms with E-state index in [0.29, 0.717) is 5.41 Å². The second-order valence-electron chi connectivity index (χ2n) is 7.12. The average Bonchev–Trinajstić information content (AvgIpc) is 3.01. The summed E-state index contributed by atoms with van der Waals surface area (Å²) in [6.45, 7) is 13.7. The van der Waals surface area contributed by atoms with E-state index in [-0.39, 0.29) is 0 Å². The van der Waals surface area contributed by atoms with E-state index in [1.807, 2.05) is 0 Å². The molecule has 1 aromatic heterocycles. The smallest absolute Gasteiger partial charge is 0.193 e. The number of aromatic nitrogens is 3. The van der Waals surface area contributed by atoms with Crippen molar-refractivity contribution in [3.63, 3.8) is 0 Å². The highest BCUT2D eigenvalue weighted by molar-refractivity contribution is 5.80. The monoisotopic (exact) mass is 334 g/mol. The topological polar surface area (TPSA) is 58.3 Å². The molecule has 6 heteroatoms. The van der Waals surface area contributed by atoms with E-state index in [2.05, 4.69) is 52.7 Å². The second-order valence-corrected chi connectivity index (χ2v) is 7.12. The standard InChI is InChI=1S/C18H34N6/c1-5-9-18(4)10-8-12-23(14-18)17(19-7-3)20-11-13-24-15-21-22-16(24)6-2/h15H,5-14H2,1-4H3,(H,19,20). The van der Waals surface area contributed by atoms with Gasteiger partial charge in [0.25, 0.3) is 0 Å². The first-order valence-corrected chi connectivity index (χ1v) is 9.51. The predicted molar refractivity (Wildman–Crippen MR) is 99.2 cm³/mol. The molecule has 0 aromatic carbocycles. The maximum atomic E-state index is 4.87. The minimum absolute atomic E-state index is 0.423. The zero-order chi connectivity index (χ0) is 17.4. The van der Waals surface area contributed by atoms with Gasteiger partial charge in [-0.05, 0) is 31.6 Å². The van der Waals surface area contributed by atoms with Crippen molar-refractivity contribution < 1.29 is 0 Å². The van der Waals surface area contributed by atoms with Gasteiger partial charge in [0.15, 0.2) is 5.96 Å². The Morgan fingerprint density at radius 1 is 1.38 bits per heavy atom. The quantitative estimate of drug-likeness (QED) is 0.615. The van der Waals surface area contributed by atoms with Crippen LogP contribution in [0.4, 0.5) is 0 Å². The Morgan fingerprint density at radius 2 is 2.21 bits per heavy atom. The molecule has 2 rings (SSSR count). The van der Waals surface area contributed by atoms with Crippen molar-refractivity contribution in [3.8, 4) is 0 Å². The summed E-state index contributed by atoms with van der Waals surface area (Å²) in [7, 11) is 0. The molecule has 1 N–H and O–H groups in total. The molecule has 1 aliphatic heterocycles. The van der Waals surface area contributed by atoms with Crippen LogP contribution in [0.25, 0.3) is 0 Å². The number of guanidine groups is 1. The van der Waals surface area contributed by atoms with Crippen LogP contribution in [0.1, 0.15) is 59.2 Å². The Kier molecular flexibility index (Phi) is 7.06. The van der Waals surface area contributed by atoms with Crippen molar-refractivity contribution in [2.24, 2.45) is 10.4 Å². The first kappa shape index (κ1) is 18.7. The highest BCUT2D eigenvalue weighted by Gasteiger charge is 2.31. The SMILES string of the molecule is CCCC1(C)CCCN(C(=NCCn2cnnc2CC)NCC)C1. The average molecular weight is 335 g/mol. The molecule has 1 atom stereocenters. The number of aryl methyl sites for hydroxylation is 1. The fraction of sp³-hybridized carbons (Fsp3) is 0.833. The number of likely N-dealkylation sites (tertiary alicyclic amines) is 1. The molecular weight excluding hydrogens is 300 g/mol. The Balaban J connectivity index is 1.99. The first-order chi connectivity index (χ1) is 11.6. The van der Waals surface area contributed by atoms with Crippen LogP contribution >= 0.6 is 0 Å². The molecular formula is C18H34N6. The Hall–Kier alpha value is -1.59. The molecule has 136 valence electrons. The van der Waals surface area contributed by atoms with Gasteiger partial charge >= 0.3 is 0 Å². The number of nitrogens with one attached hydrogen (secondary N) is 1. The number of aliphatic imine (C=N–C) groups is 1. The van der Waals surface area contributed by atoms with Gasteiger partial charge in [0.1, 0.15) is 12.2 Å². The molecule has 1 aliphatic rings. The molecule has 1 aromatic rings. The Labute approximate surface area is 146 Å². The summed E-state index contributed by atoms with van der Waals surface area (Å²) in [6.07, 6.45) is 7.85. The largest absolute Gasteiger partial charge is 0.357 e. The van der Waals surface area contributed by atoms with E-state index in [1.54, 1.807) is 6.33 Å². The van der Waals surface area contributed by atoms with Crippen molar-refractivity contribution in [1.82, 2.24) is 25.0 Å². The molecule has 0 aliphatic carbocycles. The molecule has 24 heavy (non-hydrogen) atoms. The molecule has 0 bridgehead atoms. The molecule has 1 fully saturated rings. The minimum Gasteiger partial charge on any atom is -0.357 e. The third-order valence-electron chi connectivity index (χ3n) is 4.88. The van der Waals surface area contributed by atoms with Crippen LogP contribution in [0.5, 0.6) is 0 Å². The van der Waals surface area contributed by atoms with Crippen LogP contribution < -0.4 is 5.32 Å². The summed E-state index contributed by atoms with van der Waals surface area (Å²) in [5.41, 5.74) is 0.423. The first-order valence-electron chi connectivity index (χ1n) is 9.51. The maximum Gasteiger partial charge on any atom is 0.193 e. The van der Waals surface area contributed by atoms with Crippen LogP contribution in [0.15, 0.2) is 11.3 Å². The van der Waals surface area contributed by atoms with Gasteiger partial charge in [0.2, 0.25) is 0 Å². The third kappa shape index (κ3) is 4.95. The van der Waals surface area contributed by atoms with Crippen molar-refractivity contribution >= 4 is 5.96 Å². The second kappa shape index (κ2) is 9.04. The van der Waals surface area contributed by atoms with Gasteiger partial charge in [-0.2, -0.15) is 0 Å². The fourth-order valence-electron chi connectivity index (χ4n) is 3.73. The van der Waals surface area contributed by atoms with Gasteiger partial charge in [0, 0.05) is 32.6 Å². The summed E-state index contributed by atoms with van der Waals surface area (Å²) in [5, 5.41) is 11.6. The molecule has 0 amide bonds. The molecule has 1 unspecified atom stereocenters. The minimum atomic E-state index is 0.423. The third-order valence-corrected chi connectivity index (χ3v) is 4.88. The molecule has 0 radical (unpaired) electrons. The summed E-state index contributed by atoms with van der Waals surface area (Å²) >= 11 is 0. The van der Waals surface area contributed by atoms with Gasteiger partial charge < -0.3 is 14.8 Å². The van der Waals surface area contributed by atoms with E-state index >= 15 is 0 Å². The lowest BCUT2D eigenvalue weighted by Crippen LogP contribution is -2.50. The summed E-state index contributed by atoms with van der Waals surface area (Å²) < 4.78 is 2.10. The maximum absolute atomic E-state index is 4.87. The number of piperidine rings is 1. The van der Waals surface area contributed by atoms with Crippen LogP contribution in [0.3, 0.4) is 0 Å². The highest BCUT2D eigenvalue weighted by atomic mass is 15.3. The van der Waals surface area contributed by atoms with E-state index in [4.69, 9.17) is 4.99 Å². The number of hydrogen-bond acceptors (Lipinski definition) is 3. The van der Waals surface area contributed by atoms with Crippen molar-refractivity contribution in [2.75, 3.05) is 26.2 Å². The van der Waals surface area contributed by atoms with Crippen LogP contribution in [-0.2, 0) is 13.0 Å². The van der Waals surface area contributed by atoms with Gasteiger partial charge in [0.05, 0.1) is 6.54 Å². The summed E-state index contributed by atoms with van der Waals surface area (Å²) in [5.74, 6) is 2.09. The van der Waals surface area contributed by atoms with E-state index in [9.17, 15) is 0 Å². The lowest BCUT2D eigenvalue weighted by molar-refractivity contribution is 0.142. The fourth-order valence-corrected chi connectivity index (χ4v) is 3.73. The summed E-state index contributed by atoms with van der Waals surface area (Å²) in [4.78, 5) is 7.32. The lowest BCUT2D eigenvalue weighted by Gasteiger charge is -2.42. The van der Waals surface area contributed by atoms with Gasteiger partial charge in [-0.1, -0.05) is 27.2 Å². The van der Waals surface area contributed by atoms with Gasteiger partial charge in [-0.25, -0.2) is 0 Å². The normalized spacial score (nSPS) is 22.0. The van der Waals surface area contributed by atoms with E-state index in [1.165, 1.54) is 25.7 Å². The number of nitrogens with zero attached hydrogens (tertiary/aromatic N) is 5. The van der Waals surface area contributed by atoms with E-state index in [0.717, 1.165) is 50.9 Å².